The van der Waals surface area contributed by atoms with Crippen LogP contribution < -0.4 is 0 Å². The van der Waals surface area contributed by atoms with Gasteiger partial charge in [-0.1, -0.05) is 36.6 Å². The number of rotatable bonds is 5. The van der Waals surface area contributed by atoms with E-state index in [0.717, 1.165) is 37.0 Å². The third-order valence-corrected chi connectivity index (χ3v) is 5.49. The van der Waals surface area contributed by atoms with E-state index in [1.165, 1.54) is 5.01 Å². The summed E-state index contributed by atoms with van der Waals surface area (Å²) >= 11 is 5.96. The maximum Gasteiger partial charge on any atom is 0.309 e. The maximum atomic E-state index is 12.8. The number of carbonyl (C=O) groups is 2. The van der Waals surface area contributed by atoms with Crippen LogP contribution in [0.5, 0.6) is 0 Å². The van der Waals surface area contributed by atoms with E-state index in [1.54, 1.807) is 24.5 Å². The van der Waals surface area contributed by atoms with Crippen molar-refractivity contribution in [2.24, 2.45) is 11.0 Å². The normalized spacial score (nSPS) is 19.7. The summed E-state index contributed by atoms with van der Waals surface area (Å²) in [6, 6.07) is 10.5. The molecule has 1 aliphatic carbocycles. The van der Waals surface area contributed by atoms with Crippen LogP contribution in [0.2, 0.25) is 5.02 Å². The molecule has 0 N–H and O–H groups in total. The summed E-state index contributed by atoms with van der Waals surface area (Å²) < 4.78 is 10.8. The Bertz CT molecular complexity index is 870. The molecule has 1 aromatic heterocycles. The summed E-state index contributed by atoms with van der Waals surface area (Å²) in [6.07, 6.45) is 5.83. The van der Waals surface area contributed by atoms with E-state index in [0.29, 0.717) is 17.2 Å². The number of hydrogen-bond donors (Lipinski definition) is 0. The average molecular weight is 401 g/mol. The molecule has 0 bridgehead atoms. The molecule has 4 rings (SSSR count). The predicted octanol–water partition coefficient (Wildman–Crippen LogP) is 4.34. The number of hydrogen-bond acceptors (Lipinski definition) is 5. The number of hydrazone groups is 1. The maximum absolute atomic E-state index is 12.8. The van der Waals surface area contributed by atoms with Crippen molar-refractivity contribution in [3.63, 3.8) is 0 Å². The number of amides is 1. The average Bonchev–Trinajstić information content (AvgIpc) is 3.47. The monoisotopic (exact) mass is 400 g/mol. The first-order chi connectivity index (χ1) is 13.6. The van der Waals surface area contributed by atoms with Gasteiger partial charge in [0.25, 0.3) is 5.91 Å². The van der Waals surface area contributed by atoms with Crippen molar-refractivity contribution in [2.45, 2.75) is 38.1 Å². The Kier molecular flexibility index (Phi) is 5.48. The van der Waals surface area contributed by atoms with Gasteiger partial charge in [-0.2, -0.15) is 5.10 Å². The second-order valence-electron chi connectivity index (χ2n) is 7.12. The fraction of sp³-hybridized carbons (Fsp3) is 0.381. The Morgan fingerprint density at radius 3 is 2.61 bits per heavy atom. The Morgan fingerprint density at radius 2 is 1.93 bits per heavy atom. The van der Waals surface area contributed by atoms with Crippen LogP contribution in [0.25, 0.3) is 0 Å². The van der Waals surface area contributed by atoms with Crippen LogP contribution in [-0.4, -0.2) is 29.2 Å². The van der Waals surface area contributed by atoms with Gasteiger partial charge in [-0.3, -0.25) is 9.59 Å². The number of benzene rings is 1. The molecule has 7 heteroatoms. The summed E-state index contributed by atoms with van der Waals surface area (Å²) in [4.78, 5) is 24.9. The smallest absolute Gasteiger partial charge is 0.309 e. The molecule has 1 amide bonds. The first-order valence-electron chi connectivity index (χ1n) is 9.47. The van der Waals surface area contributed by atoms with Gasteiger partial charge < -0.3 is 9.15 Å². The molecular weight excluding hydrogens is 380 g/mol. The molecule has 0 spiro atoms. The molecule has 0 saturated heterocycles. The van der Waals surface area contributed by atoms with E-state index < -0.39 is 0 Å². The van der Waals surface area contributed by atoms with E-state index in [1.807, 2.05) is 18.2 Å². The molecule has 6 nitrogen and oxygen atoms in total. The van der Waals surface area contributed by atoms with Crippen molar-refractivity contribution in [3.8, 4) is 0 Å². The fourth-order valence-electron chi connectivity index (χ4n) is 3.74. The highest BCUT2D eigenvalue weighted by Crippen LogP contribution is 2.33. The quantitative estimate of drug-likeness (QED) is 0.699. The first kappa shape index (κ1) is 18.7. The zero-order valence-corrected chi connectivity index (χ0v) is 16.1. The molecule has 2 heterocycles. The summed E-state index contributed by atoms with van der Waals surface area (Å²) in [5.74, 6) is -0.0956. The van der Waals surface area contributed by atoms with Gasteiger partial charge in [0.2, 0.25) is 0 Å². The molecule has 1 atom stereocenters. The number of halogens is 1. The molecule has 0 radical (unpaired) electrons. The molecule has 146 valence electrons. The molecule has 1 saturated carbocycles. The van der Waals surface area contributed by atoms with Crippen molar-refractivity contribution in [3.05, 3.63) is 59.0 Å². The van der Waals surface area contributed by atoms with Gasteiger partial charge in [0, 0.05) is 11.4 Å². The standard InChI is InChI=1S/C21H21ClN2O4/c22-16-9-7-14(8-10-16)17-12-18(19-6-3-11-27-19)24(23-17)20(25)13-28-21(26)15-4-1-2-5-15/h3,6-11,15,18H,1-2,4-5,12-13H2/t18-/m1/s1. The highest BCUT2D eigenvalue weighted by Gasteiger charge is 2.35. The molecule has 28 heavy (non-hydrogen) atoms. The molecule has 1 fully saturated rings. The number of esters is 1. The Labute approximate surface area is 168 Å². The lowest BCUT2D eigenvalue weighted by atomic mass is 10.0. The first-order valence-corrected chi connectivity index (χ1v) is 9.85. The Morgan fingerprint density at radius 1 is 1.18 bits per heavy atom. The van der Waals surface area contributed by atoms with Crippen LogP contribution in [0.4, 0.5) is 0 Å². The summed E-state index contributed by atoms with van der Waals surface area (Å²) in [7, 11) is 0. The van der Waals surface area contributed by atoms with Gasteiger partial charge in [-0.05, 0) is 42.7 Å². The minimum Gasteiger partial charge on any atom is -0.467 e. The van der Waals surface area contributed by atoms with Crippen LogP contribution in [-0.2, 0) is 14.3 Å². The van der Waals surface area contributed by atoms with Crippen LogP contribution in [0.3, 0.4) is 0 Å². The van der Waals surface area contributed by atoms with Crippen LogP contribution in [0.15, 0.2) is 52.2 Å². The van der Waals surface area contributed by atoms with Crippen LogP contribution in [0.1, 0.15) is 49.5 Å². The Hall–Kier alpha value is -2.60. The Balaban J connectivity index is 1.49. The van der Waals surface area contributed by atoms with Crippen molar-refractivity contribution in [1.82, 2.24) is 5.01 Å². The molecule has 2 aromatic rings. The second-order valence-corrected chi connectivity index (χ2v) is 7.55. The highest BCUT2D eigenvalue weighted by molar-refractivity contribution is 6.30. The van der Waals surface area contributed by atoms with Gasteiger partial charge in [0.15, 0.2) is 6.61 Å². The highest BCUT2D eigenvalue weighted by atomic mass is 35.5. The predicted molar refractivity (Wildman–Crippen MR) is 104 cm³/mol. The molecule has 2 aliphatic rings. The molecule has 0 unspecified atom stereocenters. The van der Waals surface area contributed by atoms with Gasteiger partial charge in [0.1, 0.15) is 11.8 Å². The SMILES string of the molecule is O=C(OCC(=O)N1N=C(c2ccc(Cl)cc2)C[C@@H]1c1ccco1)C1CCCC1. The molecule has 1 aromatic carbocycles. The zero-order valence-electron chi connectivity index (χ0n) is 15.3. The van der Waals surface area contributed by atoms with Gasteiger partial charge in [-0.15, -0.1) is 0 Å². The third-order valence-electron chi connectivity index (χ3n) is 5.24. The van der Waals surface area contributed by atoms with Crippen LogP contribution >= 0.6 is 11.6 Å². The number of nitrogens with zero attached hydrogens (tertiary/aromatic N) is 2. The minimum atomic E-state index is -0.364. The topological polar surface area (TPSA) is 72.1 Å². The lowest BCUT2D eigenvalue weighted by Gasteiger charge is -2.20. The largest absolute Gasteiger partial charge is 0.467 e. The minimum absolute atomic E-state index is 0.0830. The van der Waals surface area contributed by atoms with Crippen molar-refractivity contribution >= 4 is 29.2 Å². The summed E-state index contributed by atoms with van der Waals surface area (Å²) in [5, 5.41) is 6.51. The van der Waals surface area contributed by atoms with E-state index in [2.05, 4.69) is 5.10 Å². The lowest BCUT2D eigenvalue weighted by Crippen LogP contribution is -2.32. The number of furan rings is 1. The zero-order chi connectivity index (χ0) is 19.5. The van der Waals surface area contributed by atoms with Crippen molar-refractivity contribution in [2.75, 3.05) is 6.61 Å². The van der Waals surface area contributed by atoms with Gasteiger partial charge in [-0.25, -0.2) is 5.01 Å². The summed E-state index contributed by atoms with van der Waals surface area (Å²) in [5.41, 5.74) is 1.65. The second kappa shape index (κ2) is 8.19. The fourth-order valence-corrected chi connectivity index (χ4v) is 3.86. The lowest BCUT2D eigenvalue weighted by molar-refractivity contribution is -0.156. The molecular formula is C21H21ClN2O4. The summed E-state index contributed by atoms with van der Waals surface area (Å²) in [6.45, 7) is -0.316. The molecule has 1 aliphatic heterocycles. The van der Waals surface area contributed by atoms with Gasteiger partial charge in [0.05, 0.1) is 17.9 Å². The van der Waals surface area contributed by atoms with E-state index in [4.69, 9.17) is 20.8 Å². The van der Waals surface area contributed by atoms with Crippen molar-refractivity contribution < 1.29 is 18.7 Å². The van der Waals surface area contributed by atoms with Gasteiger partial charge >= 0.3 is 5.97 Å². The van der Waals surface area contributed by atoms with Crippen molar-refractivity contribution in [1.29, 1.82) is 0 Å². The number of carbonyl (C=O) groups excluding carboxylic acids is 2. The third kappa shape index (κ3) is 3.97. The van der Waals surface area contributed by atoms with E-state index in [-0.39, 0.29) is 30.4 Å². The van der Waals surface area contributed by atoms with E-state index >= 15 is 0 Å². The number of ether oxygens (including phenoxy) is 1. The van der Waals surface area contributed by atoms with Crippen LogP contribution in [0, 0.1) is 5.92 Å². The van der Waals surface area contributed by atoms with E-state index in [9.17, 15) is 9.59 Å².